The molecule has 2 atom stereocenters. The van der Waals surface area contributed by atoms with E-state index in [1.165, 1.54) is 17.4 Å². The van der Waals surface area contributed by atoms with E-state index in [4.69, 9.17) is 0 Å². The quantitative estimate of drug-likeness (QED) is 0.898. The number of pyridine rings is 1. The molecule has 2 unspecified atom stereocenters. The van der Waals surface area contributed by atoms with Crippen LogP contribution in [0.5, 0.6) is 0 Å². The second-order valence-electron chi connectivity index (χ2n) is 5.65. The molecule has 1 heterocycles. The molecule has 0 saturated heterocycles. The van der Waals surface area contributed by atoms with Crippen molar-refractivity contribution in [3.8, 4) is 0 Å². The molecule has 1 fully saturated rings. The van der Waals surface area contributed by atoms with Gasteiger partial charge in [0, 0.05) is 17.6 Å². The second-order valence-corrected chi connectivity index (χ2v) is 5.65. The van der Waals surface area contributed by atoms with Crippen LogP contribution in [0.1, 0.15) is 31.2 Å². The summed E-state index contributed by atoms with van der Waals surface area (Å²) in [5, 5.41) is 14.7. The minimum Gasteiger partial charge on any atom is -0.392 e. The number of hydrogen-bond acceptors (Lipinski definition) is 3. The van der Waals surface area contributed by atoms with Gasteiger partial charge in [0.1, 0.15) is 0 Å². The Morgan fingerprint density at radius 3 is 2.90 bits per heavy atom. The summed E-state index contributed by atoms with van der Waals surface area (Å²) in [6.45, 7) is 0.900. The van der Waals surface area contributed by atoms with Crippen molar-refractivity contribution in [2.24, 2.45) is 0 Å². The van der Waals surface area contributed by atoms with Gasteiger partial charge in [-0.2, -0.15) is 0 Å². The molecule has 3 rings (SSSR count). The lowest BCUT2D eigenvalue weighted by molar-refractivity contribution is 0.0914. The maximum Gasteiger partial charge on any atom is 0.0734 e. The fourth-order valence-corrected chi connectivity index (χ4v) is 3.11. The molecule has 0 bridgehead atoms. The molecule has 0 radical (unpaired) electrons. The zero-order valence-corrected chi connectivity index (χ0v) is 11.8. The van der Waals surface area contributed by atoms with Gasteiger partial charge >= 0.3 is 0 Å². The lowest BCUT2D eigenvalue weighted by Gasteiger charge is -2.28. The molecule has 106 valence electrons. The van der Waals surface area contributed by atoms with Gasteiger partial charge < -0.3 is 10.4 Å². The summed E-state index contributed by atoms with van der Waals surface area (Å²) in [5.41, 5.74) is 2.38. The van der Waals surface area contributed by atoms with Crippen molar-refractivity contribution in [3.05, 3.63) is 42.1 Å². The van der Waals surface area contributed by atoms with Crippen LogP contribution in [0.15, 0.2) is 36.5 Å². The SMILES string of the molecule is OC1CCCCC1NCCc1cccc2cccnc12. The fourth-order valence-electron chi connectivity index (χ4n) is 3.11. The summed E-state index contributed by atoms with van der Waals surface area (Å²) >= 11 is 0. The van der Waals surface area contributed by atoms with E-state index in [-0.39, 0.29) is 12.1 Å². The van der Waals surface area contributed by atoms with Crippen LogP contribution < -0.4 is 5.32 Å². The Balaban J connectivity index is 1.62. The number of benzene rings is 1. The number of para-hydroxylation sites is 1. The van der Waals surface area contributed by atoms with Crippen molar-refractivity contribution in [2.45, 2.75) is 44.2 Å². The van der Waals surface area contributed by atoms with E-state index in [1.807, 2.05) is 12.3 Å². The Labute approximate surface area is 120 Å². The monoisotopic (exact) mass is 270 g/mol. The molecule has 1 aliphatic rings. The van der Waals surface area contributed by atoms with Crippen molar-refractivity contribution in [2.75, 3.05) is 6.54 Å². The Kier molecular flexibility index (Phi) is 4.28. The Morgan fingerprint density at radius 1 is 1.15 bits per heavy atom. The van der Waals surface area contributed by atoms with Gasteiger partial charge in [0.05, 0.1) is 11.6 Å². The summed E-state index contributed by atoms with van der Waals surface area (Å²) in [6.07, 6.45) is 7.05. The predicted octanol–water partition coefficient (Wildman–Crippen LogP) is 2.67. The number of rotatable bonds is 4. The highest BCUT2D eigenvalue weighted by Gasteiger charge is 2.21. The van der Waals surface area contributed by atoms with Gasteiger partial charge in [0.15, 0.2) is 0 Å². The van der Waals surface area contributed by atoms with Gasteiger partial charge in [0.25, 0.3) is 0 Å². The zero-order valence-electron chi connectivity index (χ0n) is 11.8. The van der Waals surface area contributed by atoms with Crippen molar-refractivity contribution < 1.29 is 5.11 Å². The van der Waals surface area contributed by atoms with Gasteiger partial charge in [-0.25, -0.2) is 0 Å². The van der Waals surface area contributed by atoms with Crippen LogP contribution in [-0.2, 0) is 6.42 Å². The molecule has 1 aromatic heterocycles. The average Bonchev–Trinajstić information content (AvgIpc) is 2.49. The number of aromatic nitrogens is 1. The summed E-state index contributed by atoms with van der Waals surface area (Å²) < 4.78 is 0. The third-order valence-electron chi connectivity index (χ3n) is 4.25. The molecule has 1 saturated carbocycles. The van der Waals surface area contributed by atoms with E-state index >= 15 is 0 Å². The third kappa shape index (κ3) is 3.00. The highest BCUT2D eigenvalue weighted by molar-refractivity contribution is 5.81. The van der Waals surface area contributed by atoms with Crippen LogP contribution in [0.3, 0.4) is 0 Å². The topological polar surface area (TPSA) is 45.1 Å². The summed E-state index contributed by atoms with van der Waals surface area (Å²) in [6, 6.07) is 10.7. The maximum atomic E-state index is 9.96. The van der Waals surface area contributed by atoms with E-state index in [2.05, 4.69) is 34.6 Å². The second kappa shape index (κ2) is 6.33. The number of nitrogens with zero attached hydrogens (tertiary/aromatic N) is 1. The summed E-state index contributed by atoms with van der Waals surface area (Å²) in [5.74, 6) is 0. The van der Waals surface area contributed by atoms with Crippen LogP contribution in [0.2, 0.25) is 0 Å². The highest BCUT2D eigenvalue weighted by Crippen LogP contribution is 2.19. The van der Waals surface area contributed by atoms with Crippen molar-refractivity contribution in [1.29, 1.82) is 0 Å². The lowest BCUT2D eigenvalue weighted by atomic mass is 9.92. The predicted molar refractivity (Wildman–Crippen MR) is 81.7 cm³/mol. The minimum absolute atomic E-state index is 0.172. The maximum absolute atomic E-state index is 9.96. The highest BCUT2D eigenvalue weighted by atomic mass is 16.3. The lowest BCUT2D eigenvalue weighted by Crippen LogP contribution is -2.42. The molecule has 20 heavy (non-hydrogen) atoms. The zero-order chi connectivity index (χ0) is 13.8. The smallest absolute Gasteiger partial charge is 0.0734 e. The van der Waals surface area contributed by atoms with Crippen LogP contribution in [0.25, 0.3) is 10.9 Å². The van der Waals surface area contributed by atoms with E-state index in [0.717, 1.165) is 37.7 Å². The molecule has 1 aromatic carbocycles. The normalized spacial score (nSPS) is 23.1. The number of fused-ring (bicyclic) bond motifs is 1. The van der Waals surface area contributed by atoms with E-state index in [9.17, 15) is 5.11 Å². The van der Waals surface area contributed by atoms with Crippen LogP contribution in [-0.4, -0.2) is 28.8 Å². The molecule has 3 heteroatoms. The molecule has 0 aliphatic heterocycles. The molecule has 2 aromatic rings. The van der Waals surface area contributed by atoms with Gasteiger partial charge in [-0.05, 0) is 37.4 Å². The number of nitrogens with one attached hydrogen (secondary N) is 1. The Hall–Kier alpha value is -1.45. The molecule has 1 aliphatic carbocycles. The van der Waals surface area contributed by atoms with E-state index in [1.54, 1.807) is 0 Å². The Morgan fingerprint density at radius 2 is 2.00 bits per heavy atom. The van der Waals surface area contributed by atoms with Crippen LogP contribution >= 0.6 is 0 Å². The molecule has 0 amide bonds. The van der Waals surface area contributed by atoms with Crippen molar-refractivity contribution >= 4 is 10.9 Å². The number of aliphatic hydroxyl groups is 1. The Bertz CT molecular complexity index is 564. The first kappa shape index (κ1) is 13.5. The summed E-state index contributed by atoms with van der Waals surface area (Å²) in [7, 11) is 0. The van der Waals surface area contributed by atoms with Gasteiger partial charge in [-0.1, -0.05) is 37.1 Å². The van der Waals surface area contributed by atoms with Gasteiger partial charge in [0.2, 0.25) is 0 Å². The standard InChI is InChI=1S/C17H22N2O/c20-16-9-2-1-8-15(16)18-12-10-14-6-3-5-13-7-4-11-19-17(13)14/h3-7,11,15-16,18,20H,1-2,8-10,12H2. The first-order chi connectivity index (χ1) is 9.84. The van der Waals surface area contributed by atoms with Crippen molar-refractivity contribution in [3.63, 3.8) is 0 Å². The molecule has 2 N–H and O–H groups in total. The van der Waals surface area contributed by atoms with Gasteiger partial charge in [-0.15, -0.1) is 0 Å². The number of aliphatic hydroxyl groups excluding tert-OH is 1. The largest absolute Gasteiger partial charge is 0.392 e. The van der Waals surface area contributed by atoms with E-state index in [0.29, 0.717) is 0 Å². The molecule has 0 spiro atoms. The fraction of sp³-hybridized carbons (Fsp3) is 0.471. The number of hydrogen-bond donors (Lipinski definition) is 2. The summed E-state index contributed by atoms with van der Waals surface area (Å²) in [4.78, 5) is 4.48. The van der Waals surface area contributed by atoms with E-state index < -0.39 is 0 Å². The molecular weight excluding hydrogens is 248 g/mol. The first-order valence-electron chi connectivity index (χ1n) is 7.58. The van der Waals surface area contributed by atoms with Crippen LogP contribution in [0, 0.1) is 0 Å². The molecular formula is C17H22N2O. The van der Waals surface area contributed by atoms with Crippen LogP contribution in [0.4, 0.5) is 0 Å². The third-order valence-corrected chi connectivity index (χ3v) is 4.25. The minimum atomic E-state index is -0.172. The first-order valence-corrected chi connectivity index (χ1v) is 7.58. The molecule has 3 nitrogen and oxygen atoms in total. The van der Waals surface area contributed by atoms with Crippen molar-refractivity contribution in [1.82, 2.24) is 10.3 Å². The van der Waals surface area contributed by atoms with Gasteiger partial charge in [-0.3, -0.25) is 4.98 Å². The average molecular weight is 270 g/mol.